The number of hydrogen-bond donors (Lipinski definition) is 1. The number of nitrogens with one attached hydrogen (secondary N) is 1. The number of imide groups is 1. The molecule has 9 heteroatoms. The zero-order valence-electron chi connectivity index (χ0n) is 17.1. The first-order valence-corrected chi connectivity index (χ1v) is 8.86. The van der Waals surface area contributed by atoms with Gasteiger partial charge >= 0.3 is 18.2 Å². The molecule has 0 bridgehead atoms. The van der Waals surface area contributed by atoms with E-state index in [9.17, 15) is 19.2 Å². The van der Waals surface area contributed by atoms with Gasteiger partial charge in [-0.1, -0.05) is 0 Å². The minimum absolute atomic E-state index is 0.0724. The number of hydrogen-bond acceptors (Lipinski definition) is 7. The largest absolute Gasteiger partial charge is 0.467 e. The van der Waals surface area contributed by atoms with Crippen LogP contribution in [0, 0.1) is 5.92 Å². The lowest BCUT2D eigenvalue weighted by Crippen LogP contribution is -2.53. The zero-order valence-corrected chi connectivity index (χ0v) is 17.1. The van der Waals surface area contributed by atoms with Crippen LogP contribution in [0.1, 0.15) is 54.4 Å². The van der Waals surface area contributed by atoms with Gasteiger partial charge in [-0.3, -0.25) is 4.79 Å². The number of methoxy groups -OCH3 is 1. The van der Waals surface area contributed by atoms with Crippen LogP contribution >= 0.6 is 0 Å². The van der Waals surface area contributed by atoms with Gasteiger partial charge in [0.25, 0.3) is 0 Å². The van der Waals surface area contributed by atoms with E-state index in [0.717, 1.165) is 7.11 Å². The molecule has 0 radical (unpaired) electrons. The highest BCUT2D eigenvalue weighted by molar-refractivity contribution is 5.94. The first-order valence-electron chi connectivity index (χ1n) is 8.86. The molecule has 2 atom stereocenters. The van der Waals surface area contributed by atoms with Gasteiger partial charge in [-0.05, 0) is 54.4 Å². The fourth-order valence-electron chi connectivity index (χ4n) is 2.53. The van der Waals surface area contributed by atoms with E-state index < -0.39 is 41.3 Å². The number of carbonyl (C=O) groups excluding carboxylic acids is 4. The first kappa shape index (κ1) is 22.7. The number of carbonyl (C=O) groups is 4. The summed E-state index contributed by atoms with van der Waals surface area (Å²) in [6, 6.07) is -1.34. The maximum absolute atomic E-state index is 12.7. The standard InChI is InChI=1S/C18H30N2O7/c1-17(2,3)26-15(23)20(16(24)27-18(4,5)6)12(14(22)25-7)10-11-8-9-19-13(11)21/h11-12H,8-10H2,1-7H3,(H,19,21). The van der Waals surface area contributed by atoms with E-state index in [-0.39, 0.29) is 12.3 Å². The Morgan fingerprint density at radius 3 is 1.89 bits per heavy atom. The monoisotopic (exact) mass is 386 g/mol. The van der Waals surface area contributed by atoms with Crippen LogP contribution in [-0.2, 0) is 23.8 Å². The number of esters is 1. The van der Waals surface area contributed by atoms with Crippen molar-refractivity contribution in [1.29, 1.82) is 0 Å². The van der Waals surface area contributed by atoms with Crippen LogP contribution in [0.5, 0.6) is 0 Å². The van der Waals surface area contributed by atoms with E-state index >= 15 is 0 Å². The summed E-state index contributed by atoms with van der Waals surface area (Å²) in [5.41, 5.74) is -1.80. The van der Waals surface area contributed by atoms with Gasteiger partial charge in [0.2, 0.25) is 5.91 Å². The van der Waals surface area contributed by atoms with Gasteiger partial charge in [-0.15, -0.1) is 0 Å². The predicted molar refractivity (Wildman–Crippen MR) is 95.8 cm³/mol. The number of amides is 3. The molecule has 3 amide bonds. The lowest BCUT2D eigenvalue weighted by Gasteiger charge is -2.32. The van der Waals surface area contributed by atoms with Crippen LogP contribution < -0.4 is 5.32 Å². The van der Waals surface area contributed by atoms with Crippen molar-refractivity contribution < 1.29 is 33.4 Å². The van der Waals surface area contributed by atoms with Crippen molar-refractivity contribution >= 4 is 24.1 Å². The molecular formula is C18H30N2O7. The van der Waals surface area contributed by atoms with Crippen LogP contribution in [0.15, 0.2) is 0 Å². The minimum Gasteiger partial charge on any atom is -0.467 e. The normalized spacial score (nSPS) is 18.3. The van der Waals surface area contributed by atoms with Gasteiger partial charge in [-0.2, -0.15) is 4.90 Å². The zero-order chi connectivity index (χ0) is 21.0. The molecule has 0 aromatic carbocycles. The van der Waals surface area contributed by atoms with E-state index in [1.165, 1.54) is 0 Å². The van der Waals surface area contributed by atoms with Crippen molar-refractivity contribution in [3.05, 3.63) is 0 Å². The third kappa shape index (κ3) is 7.07. The molecule has 0 saturated carbocycles. The molecule has 0 spiro atoms. The Hall–Kier alpha value is -2.32. The molecule has 154 valence electrons. The third-order valence-corrected chi connectivity index (χ3v) is 3.64. The fourth-order valence-corrected chi connectivity index (χ4v) is 2.53. The summed E-state index contributed by atoms with van der Waals surface area (Å²) in [7, 11) is 1.15. The highest BCUT2D eigenvalue weighted by Gasteiger charge is 2.43. The summed E-state index contributed by atoms with van der Waals surface area (Å²) in [6.07, 6.45) is -1.66. The SMILES string of the molecule is COC(=O)C(CC1CCNC1=O)N(C(=O)OC(C)(C)C)C(=O)OC(C)(C)C. The van der Waals surface area contributed by atoms with Crippen molar-refractivity contribution in [2.45, 2.75) is 71.6 Å². The average molecular weight is 386 g/mol. The third-order valence-electron chi connectivity index (χ3n) is 3.64. The van der Waals surface area contributed by atoms with E-state index in [2.05, 4.69) is 5.32 Å². The first-order chi connectivity index (χ1) is 12.2. The van der Waals surface area contributed by atoms with Gasteiger partial charge in [0, 0.05) is 12.5 Å². The minimum atomic E-state index is -1.34. The van der Waals surface area contributed by atoms with Crippen molar-refractivity contribution in [3.63, 3.8) is 0 Å². The molecule has 1 aliphatic rings. The quantitative estimate of drug-likeness (QED) is 0.582. The average Bonchev–Trinajstić information content (AvgIpc) is 2.87. The van der Waals surface area contributed by atoms with Crippen molar-refractivity contribution in [2.24, 2.45) is 5.92 Å². The van der Waals surface area contributed by atoms with Crippen LogP contribution in [0.25, 0.3) is 0 Å². The molecular weight excluding hydrogens is 356 g/mol. The van der Waals surface area contributed by atoms with E-state index in [0.29, 0.717) is 17.9 Å². The maximum Gasteiger partial charge on any atom is 0.420 e. The van der Waals surface area contributed by atoms with E-state index in [4.69, 9.17) is 14.2 Å². The van der Waals surface area contributed by atoms with Gasteiger partial charge < -0.3 is 19.5 Å². The Labute approximate surface area is 159 Å². The molecule has 1 N–H and O–H groups in total. The summed E-state index contributed by atoms with van der Waals surface area (Å²) >= 11 is 0. The molecule has 1 aliphatic heterocycles. The lowest BCUT2D eigenvalue weighted by molar-refractivity contribution is -0.147. The summed E-state index contributed by atoms with van der Waals surface area (Å²) < 4.78 is 15.3. The molecule has 0 aromatic heterocycles. The number of ether oxygens (including phenoxy) is 3. The number of rotatable bonds is 4. The highest BCUT2D eigenvalue weighted by Crippen LogP contribution is 2.24. The van der Waals surface area contributed by atoms with Crippen LogP contribution in [0.3, 0.4) is 0 Å². The maximum atomic E-state index is 12.7. The summed E-state index contributed by atoms with van der Waals surface area (Å²) in [6.45, 7) is 10.3. The topological polar surface area (TPSA) is 111 Å². The van der Waals surface area contributed by atoms with Gasteiger partial charge in [0.05, 0.1) is 7.11 Å². The Morgan fingerprint density at radius 2 is 1.56 bits per heavy atom. The fraction of sp³-hybridized carbons (Fsp3) is 0.778. The summed E-state index contributed by atoms with van der Waals surface area (Å²) in [5, 5.41) is 2.66. The second-order valence-electron chi connectivity index (χ2n) is 8.38. The highest BCUT2D eigenvalue weighted by atomic mass is 16.6. The molecule has 1 saturated heterocycles. The molecule has 27 heavy (non-hydrogen) atoms. The van der Waals surface area contributed by atoms with Crippen LogP contribution in [-0.4, -0.2) is 59.9 Å². The number of nitrogens with zero attached hydrogens (tertiary/aromatic N) is 1. The molecule has 1 fully saturated rings. The second kappa shape index (κ2) is 8.58. The molecule has 1 heterocycles. The van der Waals surface area contributed by atoms with Crippen LogP contribution in [0.2, 0.25) is 0 Å². The predicted octanol–water partition coefficient (Wildman–Crippen LogP) is 2.23. The summed E-state index contributed by atoms with van der Waals surface area (Å²) in [5.74, 6) is -1.59. The Morgan fingerprint density at radius 1 is 1.07 bits per heavy atom. The molecule has 9 nitrogen and oxygen atoms in total. The van der Waals surface area contributed by atoms with Gasteiger partial charge in [-0.25, -0.2) is 14.4 Å². The van der Waals surface area contributed by atoms with Crippen molar-refractivity contribution in [2.75, 3.05) is 13.7 Å². The molecule has 0 aromatic rings. The smallest absolute Gasteiger partial charge is 0.420 e. The molecule has 1 rings (SSSR count). The van der Waals surface area contributed by atoms with Crippen molar-refractivity contribution in [1.82, 2.24) is 10.2 Å². The second-order valence-corrected chi connectivity index (χ2v) is 8.38. The molecule has 2 unspecified atom stereocenters. The van der Waals surface area contributed by atoms with Gasteiger partial charge in [0.1, 0.15) is 17.2 Å². The lowest BCUT2D eigenvalue weighted by atomic mass is 9.97. The van der Waals surface area contributed by atoms with E-state index in [1.54, 1.807) is 41.5 Å². The summed E-state index contributed by atoms with van der Waals surface area (Å²) in [4.78, 5) is 50.3. The Bertz CT molecular complexity index is 561. The van der Waals surface area contributed by atoms with Crippen LogP contribution in [0.4, 0.5) is 9.59 Å². The van der Waals surface area contributed by atoms with Crippen molar-refractivity contribution in [3.8, 4) is 0 Å². The van der Waals surface area contributed by atoms with E-state index in [1.807, 2.05) is 0 Å². The Kier molecular flexibility index (Phi) is 7.22. The Balaban J connectivity index is 3.22. The van der Waals surface area contributed by atoms with Gasteiger partial charge in [0.15, 0.2) is 0 Å². The molecule has 0 aliphatic carbocycles.